The Balaban J connectivity index is 2.47. The minimum absolute atomic E-state index is 0.131. The number of nitrogens with zero attached hydrogens (tertiary/aromatic N) is 1. The van der Waals surface area contributed by atoms with Gasteiger partial charge in [-0.15, -0.1) is 0 Å². The minimum Gasteiger partial charge on any atom is -0.452 e. The van der Waals surface area contributed by atoms with Crippen LogP contribution in [0.15, 0.2) is 18.2 Å². The van der Waals surface area contributed by atoms with Crippen molar-refractivity contribution in [2.75, 3.05) is 13.2 Å². The lowest BCUT2D eigenvalue weighted by atomic mass is 10.2. The van der Waals surface area contributed by atoms with Gasteiger partial charge in [-0.2, -0.15) is 5.26 Å². The third-order valence-electron chi connectivity index (χ3n) is 2.04. The van der Waals surface area contributed by atoms with Crippen LogP contribution in [0.25, 0.3) is 0 Å². The molecular weight excluding hydrogens is 258 g/mol. The fourth-order valence-electron chi connectivity index (χ4n) is 1.17. The molecule has 0 aliphatic carbocycles. The van der Waals surface area contributed by atoms with E-state index in [9.17, 15) is 18.4 Å². The van der Waals surface area contributed by atoms with Crippen LogP contribution >= 0.6 is 0 Å². The zero-order valence-corrected chi connectivity index (χ0v) is 9.78. The maximum Gasteiger partial charge on any atom is 0.341 e. The number of carbonyl (C=O) groups excluding carboxylic acids is 2. The topological polar surface area (TPSA) is 79.2 Å². The third-order valence-corrected chi connectivity index (χ3v) is 2.04. The lowest BCUT2D eigenvalue weighted by molar-refractivity contribution is -0.124. The average molecular weight is 268 g/mol. The normalized spacial score (nSPS) is 9.53. The number of ether oxygens (including phenoxy) is 1. The van der Waals surface area contributed by atoms with Crippen molar-refractivity contribution >= 4 is 11.9 Å². The lowest BCUT2D eigenvalue weighted by Crippen LogP contribution is -2.29. The number of hydrogen-bond donors (Lipinski definition) is 1. The second-order valence-corrected chi connectivity index (χ2v) is 3.46. The molecule has 0 unspecified atom stereocenters. The van der Waals surface area contributed by atoms with Crippen molar-refractivity contribution in [3.63, 3.8) is 0 Å². The predicted octanol–water partition coefficient (Wildman–Crippen LogP) is 1.15. The minimum atomic E-state index is -1.06. The van der Waals surface area contributed by atoms with Gasteiger partial charge in [-0.1, -0.05) is 0 Å². The first-order valence-electron chi connectivity index (χ1n) is 5.30. The van der Waals surface area contributed by atoms with E-state index in [2.05, 4.69) is 10.1 Å². The van der Waals surface area contributed by atoms with Crippen molar-refractivity contribution in [3.8, 4) is 6.07 Å². The highest BCUT2D eigenvalue weighted by Gasteiger charge is 2.15. The Morgan fingerprint density at radius 3 is 2.74 bits per heavy atom. The summed E-state index contributed by atoms with van der Waals surface area (Å²) in [6, 6.07) is 4.20. The molecular formula is C12H10F2N2O3. The Bertz CT molecular complexity index is 526. The summed E-state index contributed by atoms with van der Waals surface area (Å²) in [5.41, 5.74) is -0.453. The van der Waals surface area contributed by atoms with Crippen LogP contribution < -0.4 is 5.32 Å². The van der Waals surface area contributed by atoms with Crippen molar-refractivity contribution < 1.29 is 23.1 Å². The van der Waals surface area contributed by atoms with Gasteiger partial charge in [-0.05, 0) is 12.1 Å². The zero-order valence-electron chi connectivity index (χ0n) is 9.78. The van der Waals surface area contributed by atoms with Gasteiger partial charge < -0.3 is 10.1 Å². The van der Waals surface area contributed by atoms with Crippen LogP contribution in [-0.2, 0) is 9.53 Å². The number of esters is 1. The quantitative estimate of drug-likeness (QED) is 0.641. The van der Waals surface area contributed by atoms with Gasteiger partial charge in [0.1, 0.15) is 11.6 Å². The van der Waals surface area contributed by atoms with E-state index in [1.54, 1.807) is 0 Å². The van der Waals surface area contributed by atoms with Crippen molar-refractivity contribution in [3.05, 3.63) is 35.4 Å². The molecule has 7 heteroatoms. The lowest BCUT2D eigenvalue weighted by Gasteiger charge is -2.06. The first-order valence-corrected chi connectivity index (χ1v) is 5.30. The van der Waals surface area contributed by atoms with Crippen molar-refractivity contribution in [1.82, 2.24) is 5.32 Å². The summed E-state index contributed by atoms with van der Waals surface area (Å²) in [6.07, 6.45) is 0.131. The Morgan fingerprint density at radius 1 is 1.37 bits per heavy atom. The molecule has 19 heavy (non-hydrogen) atoms. The summed E-state index contributed by atoms with van der Waals surface area (Å²) in [6.45, 7) is -0.459. The van der Waals surface area contributed by atoms with Crippen LogP contribution in [0.4, 0.5) is 8.78 Å². The van der Waals surface area contributed by atoms with Gasteiger partial charge in [0.05, 0.1) is 18.1 Å². The van der Waals surface area contributed by atoms with Gasteiger partial charge in [-0.25, -0.2) is 13.6 Å². The first-order chi connectivity index (χ1) is 9.04. The molecule has 1 rings (SSSR count). The Kier molecular flexibility index (Phi) is 5.41. The van der Waals surface area contributed by atoms with Gasteiger partial charge in [0.15, 0.2) is 6.61 Å². The van der Waals surface area contributed by atoms with Crippen LogP contribution in [0.2, 0.25) is 0 Å². The smallest absolute Gasteiger partial charge is 0.341 e. The Hall–Kier alpha value is -2.49. The standard InChI is InChI=1S/C12H10F2N2O3/c13-8-2-3-9(10(14)6-8)12(18)19-7-11(17)16-5-1-4-15/h2-3,6H,1,5,7H2,(H,16,17). The molecule has 0 aliphatic rings. The van der Waals surface area contributed by atoms with Crippen molar-refractivity contribution in [2.24, 2.45) is 0 Å². The largest absolute Gasteiger partial charge is 0.452 e. The van der Waals surface area contributed by atoms with Crippen LogP contribution in [-0.4, -0.2) is 25.0 Å². The van der Waals surface area contributed by atoms with Gasteiger partial charge >= 0.3 is 5.97 Å². The number of carbonyl (C=O) groups is 2. The second-order valence-electron chi connectivity index (χ2n) is 3.46. The molecule has 100 valence electrons. The fraction of sp³-hybridized carbons (Fsp3) is 0.250. The van der Waals surface area contributed by atoms with E-state index in [-0.39, 0.29) is 13.0 Å². The molecule has 1 amide bonds. The first kappa shape index (κ1) is 14.6. The monoisotopic (exact) mass is 268 g/mol. The van der Waals surface area contributed by atoms with E-state index < -0.39 is 35.7 Å². The van der Waals surface area contributed by atoms with Crippen LogP contribution in [0, 0.1) is 23.0 Å². The second kappa shape index (κ2) is 7.06. The number of benzene rings is 1. The molecule has 0 radical (unpaired) electrons. The van der Waals surface area contributed by atoms with Crippen LogP contribution in [0.5, 0.6) is 0 Å². The molecule has 5 nitrogen and oxygen atoms in total. The van der Waals surface area contributed by atoms with Crippen molar-refractivity contribution in [1.29, 1.82) is 5.26 Å². The van der Waals surface area contributed by atoms with Gasteiger partial charge in [0.25, 0.3) is 5.91 Å². The molecule has 0 fully saturated rings. The number of hydrogen-bond acceptors (Lipinski definition) is 4. The van der Waals surface area contributed by atoms with E-state index >= 15 is 0 Å². The van der Waals surface area contributed by atoms with Gasteiger partial charge in [0.2, 0.25) is 0 Å². The van der Waals surface area contributed by atoms with E-state index in [1.165, 1.54) is 0 Å². The Labute approximate surface area is 107 Å². The summed E-state index contributed by atoms with van der Waals surface area (Å²) < 4.78 is 30.4. The molecule has 1 aromatic rings. The van der Waals surface area contributed by atoms with Gasteiger partial charge in [0, 0.05) is 12.6 Å². The molecule has 0 bridgehead atoms. The number of rotatable bonds is 5. The number of amides is 1. The van der Waals surface area contributed by atoms with Crippen LogP contribution in [0.3, 0.4) is 0 Å². The van der Waals surface area contributed by atoms with E-state index in [1.807, 2.05) is 6.07 Å². The van der Waals surface area contributed by atoms with E-state index in [4.69, 9.17) is 5.26 Å². The molecule has 0 atom stereocenters. The third kappa shape index (κ3) is 4.71. The zero-order chi connectivity index (χ0) is 14.3. The van der Waals surface area contributed by atoms with E-state index in [0.29, 0.717) is 6.07 Å². The van der Waals surface area contributed by atoms with Crippen LogP contribution in [0.1, 0.15) is 16.8 Å². The summed E-state index contributed by atoms with van der Waals surface area (Å²) in [5, 5.41) is 10.6. The molecule has 0 spiro atoms. The maximum absolute atomic E-state index is 13.2. The molecule has 0 aromatic heterocycles. The molecule has 0 aliphatic heterocycles. The predicted molar refractivity (Wildman–Crippen MR) is 59.9 cm³/mol. The fourth-order valence-corrected chi connectivity index (χ4v) is 1.17. The number of nitriles is 1. The Morgan fingerprint density at radius 2 is 2.11 bits per heavy atom. The summed E-state index contributed by atoms with van der Waals surface area (Å²) in [4.78, 5) is 22.5. The molecule has 1 N–H and O–H groups in total. The highest BCUT2D eigenvalue weighted by molar-refractivity contribution is 5.91. The molecule has 0 saturated carbocycles. The highest BCUT2D eigenvalue weighted by Crippen LogP contribution is 2.10. The number of halogens is 2. The average Bonchev–Trinajstić information content (AvgIpc) is 2.36. The molecule has 0 saturated heterocycles. The van der Waals surface area contributed by atoms with Crippen molar-refractivity contribution in [2.45, 2.75) is 6.42 Å². The SMILES string of the molecule is N#CCCNC(=O)COC(=O)c1ccc(F)cc1F. The van der Waals surface area contributed by atoms with Gasteiger partial charge in [-0.3, -0.25) is 4.79 Å². The van der Waals surface area contributed by atoms with E-state index in [0.717, 1.165) is 12.1 Å². The summed E-state index contributed by atoms with van der Waals surface area (Å²) in [5.74, 6) is -3.54. The summed E-state index contributed by atoms with van der Waals surface area (Å²) >= 11 is 0. The maximum atomic E-state index is 13.2. The molecule has 1 aromatic carbocycles. The highest BCUT2D eigenvalue weighted by atomic mass is 19.1. The molecule has 0 heterocycles. The summed E-state index contributed by atoms with van der Waals surface area (Å²) in [7, 11) is 0. The number of nitrogens with one attached hydrogen (secondary N) is 1.